The van der Waals surface area contributed by atoms with Gasteiger partial charge in [-0.1, -0.05) is 6.92 Å². The van der Waals surface area contributed by atoms with Gasteiger partial charge >= 0.3 is 0 Å². The molecule has 5 nitrogen and oxygen atoms in total. The lowest BCUT2D eigenvalue weighted by molar-refractivity contribution is 0.271. The molecule has 3 aromatic heterocycles. The first kappa shape index (κ1) is 15.4. The summed E-state index contributed by atoms with van der Waals surface area (Å²) in [5.74, 6) is 0.502. The number of hydrogen-bond acceptors (Lipinski definition) is 6. The second kappa shape index (κ2) is 6.41. The minimum atomic E-state index is -0.467. The summed E-state index contributed by atoms with van der Waals surface area (Å²) in [6.07, 6.45) is 3.20. The van der Waals surface area contributed by atoms with E-state index in [1.54, 1.807) is 29.9 Å². The van der Waals surface area contributed by atoms with Crippen molar-refractivity contribution in [1.82, 2.24) is 19.9 Å². The van der Waals surface area contributed by atoms with E-state index in [2.05, 4.69) is 37.1 Å². The minimum Gasteiger partial charge on any atom is -0.353 e. The monoisotopic (exact) mass is 343 g/mol. The van der Waals surface area contributed by atoms with Crippen LogP contribution in [0.4, 0.5) is 10.2 Å². The van der Waals surface area contributed by atoms with Crippen LogP contribution in [0.25, 0.3) is 21.3 Å². The Morgan fingerprint density at radius 3 is 2.67 bits per heavy atom. The first-order valence-corrected chi connectivity index (χ1v) is 8.95. The van der Waals surface area contributed by atoms with Crippen LogP contribution in [-0.2, 0) is 0 Å². The maximum absolute atomic E-state index is 13.1. The van der Waals surface area contributed by atoms with E-state index in [9.17, 15) is 4.39 Å². The smallest absolute Gasteiger partial charge is 0.212 e. The molecule has 4 heterocycles. The Balaban J connectivity index is 1.76. The highest BCUT2D eigenvalue weighted by Crippen LogP contribution is 2.37. The molecule has 0 amide bonds. The van der Waals surface area contributed by atoms with E-state index in [0.717, 1.165) is 59.9 Å². The maximum atomic E-state index is 13.1. The highest BCUT2D eigenvalue weighted by Gasteiger charge is 2.21. The van der Waals surface area contributed by atoms with E-state index >= 15 is 0 Å². The highest BCUT2D eigenvalue weighted by atomic mass is 32.1. The van der Waals surface area contributed by atoms with Crippen molar-refractivity contribution in [2.75, 3.05) is 37.6 Å². The number of fused-ring (bicyclic) bond motifs is 1. The molecule has 0 aliphatic carbocycles. The second-order valence-corrected chi connectivity index (χ2v) is 6.68. The summed E-state index contributed by atoms with van der Waals surface area (Å²) in [7, 11) is 0. The largest absolute Gasteiger partial charge is 0.353 e. The number of likely N-dealkylation sites (N-methyl/N-ethyl adjacent to an activating group) is 1. The number of nitrogens with zero attached hydrogens (tertiary/aromatic N) is 5. The number of pyridine rings is 1. The maximum Gasteiger partial charge on any atom is 0.212 e. The topological polar surface area (TPSA) is 45.2 Å². The van der Waals surface area contributed by atoms with Crippen LogP contribution in [-0.4, -0.2) is 52.6 Å². The van der Waals surface area contributed by atoms with Crippen molar-refractivity contribution in [3.8, 4) is 11.1 Å². The molecular weight excluding hydrogens is 325 g/mol. The number of hydrogen-bond donors (Lipinski definition) is 0. The van der Waals surface area contributed by atoms with Crippen LogP contribution in [0, 0.1) is 5.95 Å². The SMILES string of the molecule is CCN1CCN(c2ncnc3scc(-c4ccc(F)nc4)c23)CC1. The summed E-state index contributed by atoms with van der Waals surface area (Å²) >= 11 is 1.59. The highest BCUT2D eigenvalue weighted by molar-refractivity contribution is 7.17. The summed E-state index contributed by atoms with van der Waals surface area (Å²) in [6.45, 7) is 7.27. The summed E-state index contributed by atoms with van der Waals surface area (Å²) in [6, 6.07) is 3.15. The molecule has 124 valence electrons. The number of halogens is 1. The Morgan fingerprint density at radius 1 is 1.12 bits per heavy atom. The van der Waals surface area contributed by atoms with Gasteiger partial charge in [-0.2, -0.15) is 4.39 Å². The lowest BCUT2D eigenvalue weighted by Crippen LogP contribution is -2.46. The zero-order valence-electron chi connectivity index (χ0n) is 13.4. The molecule has 0 bridgehead atoms. The van der Waals surface area contributed by atoms with Crippen molar-refractivity contribution in [1.29, 1.82) is 0 Å². The molecule has 1 fully saturated rings. The molecule has 0 unspecified atom stereocenters. The summed E-state index contributed by atoms with van der Waals surface area (Å²) in [4.78, 5) is 18.5. The third-order valence-electron chi connectivity index (χ3n) is 4.51. The average molecular weight is 343 g/mol. The first-order valence-electron chi connectivity index (χ1n) is 8.07. The Labute approximate surface area is 143 Å². The molecule has 3 aromatic rings. The van der Waals surface area contributed by atoms with Crippen molar-refractivity contribution in [3.63, 3.8) is 0 Å². The van der Waals surface area contributed by atoms with Crippen molar-refractivity contribution >= 4 is 27.4 Å². The zero-order chi connectivity index (χ0) is 16.5. The predicted octanol–water partition coefficient (Wildman–Crippen LogP) is 3.03. The Morgan fingerprint density at radius 2 is 1.96 bits per heavy atom. The van der Waals surface area contributed by atoms with Gasteiger partial charge in [0.05, 0.1) is 5.39 Å². The van der Waals surface area contributed by atoms with E-state index in [1.165, 1.54) is 6.07 Å². The lowest BCUT2D eigenvalue weighted by Gasteiger charge is -2.35. The van der Waals surface area contributed by atoms with E-state index in [0.29, 0.717) is 0 Å². The molecule has 0 spiro atoms. The standard InChI is InChI=1S/C17H18FN5S/c1-2-22-5-7-23(8-6-22)16-15-13(10-24-17(15)21-11-20-16)12-3-4-14(18)19-9-12/h3-4,9-11H,2,5-8H2,1H3. The average Bonchev–Trinajstić information content (AvgIpc) is 3.07. The molecule has 1 aliphatic heterocycles. The Kier molecular flexibility index (Phi) is 4.12. The van der Waals surface area contributed by atoms with E-state index in [4.69, 9.17) is 0 Å². The van der Waals surface area contributed by atoms with E-state index in [1.807, 2.05) is 0 Å². The lowest BCUT2D eigenvalue weighted by atomic mass is 10.1. The van der Waals surface area contributed by atoms with Crippen LogP contribution in [0.1, 0.15) is 6.92 Å². The first-order chi connectivity index (χ1) is 11.8. The number of rotatable bonds is 3. The third-order valence-corrected chi connectivity index (χ3v) is 5.39. The number of thiophene rings is 1. The summed E-state index contributed by atoms with van der Waals surface area (Å²) in [5.41, 5.74) is 1.92. The molecular formula is C17H18FN5S. The minimum absolute atomic E-state index is 0.467. The van der Waals surface area contributed by atoms with E-state index < -0.39 is 5.95 Å². The van der Waals surface area contributed by atoms with Crippen LogP contribution < -0.4 is 4.90 Å². The van der Waals surface area contributed by atoms with Crippen LogP contribution in [0.5, 0.6) is 0 Å². The Bertz CT molecular complexity index is 840. The van der Waals surface area contributed by atoms with Crippen LogP contribution >= 0.6 is 11.3 Å². The van der Waals surface area contributed by atoms with Crippen LogP contribution in [0.3, 0.4) is 0 Å². The van der Waals surface area contributed by atoms with Gasteiger partial charge in [0, 0.05) is 48.9 Å². The molecule has 4 rings (SSSR count). The molecule has 1 aliphatic rings. The number of anilines is 1. The van der Waals surface area contributed by atoms with Gasteiger partial charge in [0.25, 0.3) is 0 Å². The molecule has 0 atom stereocenters. The predicted molar refractivity (Wildman–Crippen MR) is 94.9 cm³/mol. The Hall–Kier alpha value is -2.12. The summed E-state index contributed by atoms with van der Waals surface area (Å²) < 4.78 is 13.1. The van der Waals surface area contributed by atoms with E-state index in [-0.39, 0.29) is 0 Å². The van der Waals surface area contributed by atoms with Crippen molar-refractivity contribution < 1.29 is 4.39 Å². The van der Waals surface area contributed by atoms with Gasteiger partial charge < -0.3 is 9.80 Å². The van der Waals surface area contributed by atoms with Crippen LogP contribution in [0.15, 0.2) is 30.0 Å². The third kappa shape index (κ3) is 2.74. The molecule has 24 heavy (non-hydrogen) atoms. The van der Waals surface area contributed by atoms with Crippen molar-refractivity contribution in [2.24, 2.45) is 0 Å². The molecule has 7 heteroatoms. The molecule has 0 saturated carbocycles. The summed E-state index contributed by atoms with van der Waals surface area (Å²) in [5, 5.41) is 3.10. The van der Waals surface area contributed by atoms with Gasteiger partial charge in [-0.25, -0.2) is 15.0 Å². The molecule has 1 saturated heterocycles. The fourth-order valence-corrected chi connectivity index (χ4v) is 4.03. The van der Waals surface area contributed by atoms with Gasteiger partial charge in [0.15, 0.2) is 0 Å². The molecule has 0 aromatic carbocycles. The van der Waals surface area contributed by atoms with Gasteiger partial charge in [0.1, 0.15) is 17.0 Å². The molecule has 0 radical (unpaired) electrons. The van der Waals surface area contributed by atoms with Crippen LogP contribution in [0.2, 0.25) is 0 Å². The van der Waals surface area contributed by atoms with Crippen molar-refractivity contribution in [2.45, 2.75) is 6.92 Å². The second-order valence-electron chi connectivity index (χ2n) is 5.82. The quantitative estimate of drug-likeness (QED) is 0.684. The number of aromatic nitrogens is 3. The van der Waals surface area contributed by atoms with Gasteiger partial charge in [-0.3, -0.25) is 0 Å². The fraction of sp³-hybridized carbons (Fsp3) is 0.353. The van der Waals surface area contributed by atoms with Gasteiger partial charge in [-0.05, 0) is 18.7 Å². The van der Waals surface area contributed by atoms with Gasteiger partial charge in [-0.15, -0.1) is 11.3 Å². The van der Waals surface area contributed by atoms with Crippen molar-refractivity contribution in [3.05, 3.63) is 36.0 Å². The molecule has 0 N–H and O–H groups in total. The fourth-order valence-electron chi connectivity index (χ4n) is 3.12. The normalized spacial score (nSPS) is 16.0. The number of piperazine rings is 1. The zero-order valence-corrected chi connectivity index (χ0v) is 14.3. The van der Waals surface area contributed by atoms with Gasteiger partial charge in [0.2, 0.25) is 5.95 Å².